The Bertz CT molecular complexity index is 860. The van der Waals surface area contributed by atoms with Crippen molar-refractivity contribution in [3.8, 4) is 5.75 Å². The number of aliphatic imine (C=N–C) groups is 1. The van der Waals surface area contributed by atoms with E-state index in [0.29, 0.717) is 54.5 Å². The molecule has 1 aliphatic carbocycles. The Morgan fingerprint density at radius 2 is 2.00 bits per heavy atom. The fourth-order valence-corrected chi connectivity index (χ4v) is 4.66. The van der Waals surface area contributed by atoms with Gasteiger partial charge in [-0.2, -0.15) is 0 Å². The van der Waals surface area contributed by atoms with E-state index in [0.717, 1.165) is 19.3 Å². The summed E-state index contributed by atoms with van der Waals surface area (Å²) in [4.78, 5) is 29.7. The molecule has 1 amide bonds. The first-order valence-electron chi connectivity index (χ1n) is 11.5. The molecule has 1 aromatic rings. The van der Waals surface area contributed by atoms with Gasteiger partial charge in [0.1, 0.15) is 22.6 Å². The minimum atomic E-state index is -0.952. The van der Waals surface area contributed by atoms with Crippen LogP contribution in [0.25, 0.3) is 0 Å². The minimum Gasteiger partial charge on any atom is -0.493 e. The smallest absolute Gasteiger partial charge is 0.339 e. The Hall–Kier alpha value is -1.84. The van der Waals surface area contributed by atoms with E-state index in [-0.39, 0.29) is 5.91 Å². The lowest BCUT2D eigenvalue weighted by Gasteiger charge is -2.28. The Morgan fingerprint density at radius 1 is 1.28 bits per heavy atom. The molecule has 178 valence electrons. The van der Waals surface area contributed by atoms with Gasteiger partial charge >= 0.3 is 5.63 Å². The van der Waals surface area contributed by atoms with Crippen LogP contribution in [-0.4, -0.2) is 48.4 Å². The minimum absolute atomic E-state index is 0.215. The van der Waals surface area contributed by atoms with Crippen LogP contribution in [0.15, 0.2) is 26.3 Å². The number of hydrogen-bond acceptors (Lipinski definition) is 8. The number of carbonyl (C=O) groups is 1. The molecule has 2 atom stereocenters. The van der Waals surface area contributed by atoms with Gasteiger partial charge < -0.3 is 23.9 Å². The Balaban J connectivity index is 1.71. The van der Waals surface area contributed by atoms with Crippen LogP contribution >= 0.6 is 11.8 Å². The number of amides is 1. The van der Waals surface area contributed by atoms with Gasteiger partial charge in [-0.25, -0.2) is 4.79 Å². The van der Waals surface area contributed by atoms with E-state index < -0.39 is 23.5 Å². The molecule has 0 radical (unpaired) electrons. The van der Waals surface area contributed by atoms with E-state index in [1.165, 1.54) is 17.8 Å². The van der Waals surface area contributed by atoms with E-state index in [1.54, 1.807) is 6.07 Å². The van der Waals surface area contributed by atoms with Gasteiger partial charge in [0, 0.05) is 25.0 Å². The van der Waals surface area contributed by atoms with Crippen LogP contribution in [0.3, 0.4) is 0 Å². The van der Waals surface area contributed by atoms with E-state index in [9.17, 15) is 9.59 Å². The molecule has 0 unspecified atom stereocenters. The highest BCUT2D eigenvalue weighted by Gasteiger charge is 2.39. The molecule has 9 heteroatoms. The molecule has 0 saturated heterocycles. The summed E-state index contributed by atoms with van der Waals surface area (Å²) in [6.45, 7) is 9.19. The molecule has 0 bridgehead atoms. The molecule has 3 rings (SSSR count). The molecule has 0 spiro atoms. The second-order valence-electron chi connectivity index (χ2n) is 8.19. The monoisotopic (exact) mass is 466 g/mol. The van der Waals surface area contributed by atoms with Gasteiger partial charge in [-0.1, -0.05) is 13.3 Å². The van der Waals surface area contributed by atoms with Crippen molar-refractivity contribution in [1.29, 1.82) is 0 Å². The van der Waals surface area contributed by atoms with Crippen molar-refractivity contribution in [3.05, 3.63) is 28.3 Å². The number of ether oxygens (including phenoxy) is 3. The quantitative estimate of drug-likeness (QED) is 0.443. The van der Waals surface area contributed by atoms with Gasteiger partial charge in [0.05, 0.1) is 18.7 Å². The normalized spacial score (nSPS) is 19.5. The van der Waals surface area contributed by atoms with E-state index in [1.807, 2.05) is 27.7 Å². The SMILES string of the molecule is CCC[C@@H](NC(=O)[C@@H]1CSC(C(C)(OCC)OCC)=N1)c1cc(OCC2CC2)cc(=O)o1. The molecule has 1 aromatic heterocycles. The zero-order chi connectivity index (χ0) is 23.1. The van der Waals surface area contributed by atoms with E-state index in [4.69, 9.17) is 18.6 Å². The molecule has 8 nitrogen and oxygen atoms in total. The Labute approximate surface area is 193 Å². The predicted molar refractivity (Wildman–Crippen MR) is 124 cm³/mol. The number of nitrogens with zero attached hydrogens (tertiary/aromatic N) is 1. The highest BCUT2D eigenvalue weighted by Crippen LogP contribution is 2.31. The first-order chi connectivity index (χ1) is 15.4. The van der Waals surface area contributed by atoms with Crippen LogP contribution in [0, 0.1) is 5.92 Å². The molecule has 2 aliphatic rings. The van der Waals surface area contributed by atoms with Crippen molar-refractivity contribution in [2.24, 2.45) is 10.9 Å². The maximum Gasteiger partial charge on any atom is 0.339 e. The number of carbonyl (C=O) groups excluding carboxylic acids is 1. The third-order valence-electron chi connectivity index (χ3n) is 5.36. The zero-order valence-electron chi connectivity index (χ0n) is 19.3. The van der Waals surface area contributed by atoms with Gasteiger partial charge in [-0.15, -0.1) is 11.8 Å². The number of thioether (sulfide) groups is 1. The highest BCUT2D eigenvalue weighted by atomic mass is 32.2. The second-order valence-corrected chi connectivity index (χ2v) is 9.20. The molecule has 1 fully saturated rings. The lowest BCUT2D eigenvalue weighted by atomic mass is 10.1. The van der Waals surface area contributed by atoms with E-state index >= 15 is 0 Å². The molecule has 0 aromatic carbocycles. The molecule has 32 heavy (non-hydrogen) atoms. The van der Waals surface area contributed by atoms with Gasteiger partial charge in [0.25, 0.3) is 0 Å². The fraction of sp³-hybridized carbons (Fsp3) is 0.696. The van der Waals surface area contributed by atoms with Crippen molar-refractivity contribution >= 4 is 22.7 Å². The van der Waals surface area contributed by atoms with E-state index in [2.05, 4.69) is 10.3 Å². The van der Waals surface area contributed by atoms with Gasteiger partial charge in [0.2, 0.25) is 11.7 Å². The number of hydrogen-bond donors (Lipinski definition) is 1. The van der Waals surface area contributed by atoms with Crippen LogP contribution in [0.1, 0.15) is 65.2 Å². The zero-order valence-corrected chi connectivity index (χ0v) is 20.2. The highest BCUT2D eigenvalue weighted by molar-refractivity contribution is 8.14. The van der Waals surface area contributed by atoms with Crippen LogP contribution in [-0.2, 0) is 14.3 Å². The summed E-state index contributed by atoms with van der Waals surface area (Å²) in [6, 6.07) is 2.07. The summed E-state index contributed by atoms with van der Waals surface area (Å²) >= 11 is 1.47. The van der Waals surface area contributed by atoms with Gasteiger partial charge in [0.15, 0.2) is 0 Å². The summed E-state index contributed by atoms with van der Waals surface area (Å²) in [7, 11) is 0. The van der Waals surface area contributed by atoms with Crippen molar-refractivity contribution in [1.82, 2.24) is 5.32 Å². The lowest BCUT2D eigenvalue weighted by Crippen LogP contribution is -2.40. The lowest BCUT2D eigenvalue weighted by molar-refractivity contribution is -0.168. The van der Waals surface area contributed by atoms with Gasteiger partial charge in [-0.3, -0.25) is 9.79 Å². The molecule has 2 heterocycles. The first-order valence-corrected chi connectivity index (χ1v) is 12.4. The third kappa shape index (κ3) is 6.59. The van der Waals surface area contributed by atoms with Crippen molar-refractivity contribution in [2.75, 3.05) is 25.6 Å². The standard InChI is InChI=1S/C23H34N2O6S/c1-5-8-17(19-11-16(12-20(26)31-19)28-13-15-9-10-15)24-21(27)18-14-32-22(25-18)23(4,29-6-2)30-7-3/h11-12,15,17-18H,5-10,13-14H2,1-4H3,(H,24,27)/t17-,18+/m1/s1. The van der Waals surface area contributed by atoms with Crippen LogP contribution in [0.2, 0.25) is 0 Å². The van der Waals surface area contributed by atoms with Crippen molar-refractivity contribution < 1.29 is 23.4 Å². The van der Waals surface area contributed by atoms with Crippen LogP contribution in [0.4, 0.5) is 0 Å². The average Bonchev–Trinajstić information content (AvgIpc) is 3.44. The molecular weight excluding hydrogens is 432 g/mol. The largest absolute Gasteiger partial charge is 0.493 e. The molecule has 1 aliphatic heterocycles. The fourth-order valence-electron chi connectivity index (χ4n) is 3.54. The molecule has 1 N–H and O–H groups in total. The van der Waals surface area contributed by atoms with Crippen LogP contribution < -0.4 is 15.7 Å². The maximum atomic E-state index is 13.0. The summed E-state index contributed by atoms with van der Waals surface area (Å²) in [5.41, 5.74) is -0.482. The summed E-state index contributed by atoms with van der Waals surface area (Å²) in [6.07, 6.45) is 3.77. The topological polar surface area (TPSA) is 99.4 Å². The maximum absolute atomic E-state index is 13.0. The predicted octanol–water partition coefficient (Wildman–Crippen LogP) is 3.69. The Morgan fingerprint density at radius 3 is 2.62 bits per heavy atom. The molecular formula is C23H34N2O6S. The summed E-state index contributed by atoms with van der Waals surface area (Å²) < 4.78 is 22.7. The van der Waals surface area contributed by atoms with Crippen molar-refractivity contribution in [3.63, 3.8) is 0 Å². The van der Waals surface area contributed by atoms with Crippen LogP contribution in [0.5, 0.6) is 5.75 Å². The summed E-state index contributed by atoms with van der Waals surface area (Å²) in [5, 5.41) is 3.68. The first kappa shape index (κ1) is 24.8. The number of nitrogens with one attached hydrogen (secondary N) is 1. The molecule has 1 saturated carbocycles. The average molecular weight is 467 g/mol. The van der Waals surface area contributed by atoms with Gasteiger partial charge in [-0.05, 0) is 46.0 Å². The number of rotatable bonds is 13. The summed E-state index contributed by atoms with van der Waals surface area (Å²) in [5.74, 6) is 0.799. The Kier molecular flexibility index (Phi) is 8.79. The second kappa shape index (κ2) is 11.3. The van der Waals surface area contributed by atoms with Crippen molar-refractivity contribution in [2.45, 2.75) is 71.2 Å². The third-order valence-corrected chi connectivity index (χ3v) is 6.60.